The summed E-state index contributed by atoms with van der Waals surface area (Å²) in [6.45, 7) is 7.29. The number of hydrogen-bond acceptors (Lipinski definition) is 12. The van der Waals surface area contributed by atoms with Crippen LogP contribution in [0, 0.1) is 11.8 Å². The van der Waals surface area contributed by atoms with Crippen molar-refractivity contribution < 1.29 is 54.6 Å². The van der Waals surface area contributed by atoms with E-state index in [0.29, 0.717) is 32.2 Å². The maximum absolute atomic E-state index is 13.2. The standard InChI is InChI=1S/C29H56N6O11/c1-15(2)12-19(34-28(45)22(16(3)4)35-29(46)25(42)24(41)23(40)20(38)14-37)26(43)31-13-21(39)33-18(8-6-7-10-30)27(44)32-17(5)9-11-36/h15-20,22-25,36-38,40-42H,6-14,30H2,1-5H3,(H,31,43)(H,32,44)(H,33,39)(H,34,45)(H,35,46)/t17-,18+,19+,20-,22+,23-,24+,25-/m1/s1. The molecule has 0 aliphatic carbocycles. The molecule has 0 aliphatic rings. The Kier molecular flexibility index (Phi) is 21.1. The molecular weight excluding hydrogens is 608 g/mol. The summed E-state index contributed by atoms with van der Waals surface area (Å²) in [4.78, 5) is 64.3. The van der Waals surface area contributed by atoms with Crippen molar-refractivity contribution in [1.29, 1.82) is 0 Å². The van der Waals surface area contributed by atoms with Gasteiger partial charge in [-0.15, -0.1) is 0 Å². The molecule has 17 heteroatoms. The van der Waals surface area contributed by atoms with E-state index >= 15 is 0 Å². The molecule has 268 valence electrons. The van der Waals surface area contributed by atoms with Gasteiger partial charge in [0.1, 0.15) is 36.4 Å². The molecule has 5 amide bonds. The van der Waals surface area contributed by atoms with Gasteiger partial charge in [-0.1, -0.05) is 27.7 Å². The van der Waals surface area contributed by atoms with E-state index in [1.165, 1.54) is 0 Å². The van der Waals surface area contributed by atoms with Crippen molar-refractivity contribution in [2.45, 2.75) is 115 Å². The maximum Gasteiger partial charge on any atom is 0.252 e. The van der Waals surface area contributed by atoms with Gasteiger partial charge in [0.05, 0.1) is 13.2 Å². The van der Waals surface area contributed by atoms with Gasteiger partial charge < -0.3 is 63.0 Å². The zero-order chi connectivity index (χ0) is 35.6. The molecule has 8 atom stereocenters. The Morgan fingerprint density at radius 2 is 1.33 bits per heavy atom. The van der Waals surface area contributed by atoms with Gasteiger partial charge in [-0.05, 0) is 57.4 Å². The molecule has 17 nitrogen and oxygen atoms in total. The Morgan fingerprint density at radius 1 is 0.696 bits per heavy atom. The van der Waals surface area contributed by atoms with Gasteiger partial charge in [-0.3, -0.25) is 24.0 Å². The van der Waals surface area contributed by atoms with E-state index in [-0.39, 0.29) is 25.0 Å². The van der Waals surface area contributed by atoms with E-state index in [0.717, 1.165) is 0 Å². The normalized spacial score (nSPS) is 16.7. The third-order valence-electron chi connectivity index (χ3n) is 7.08. The number of aliphatic hydroxyl groups excluding tert-OH is 6. The van der Waals surface area contributed by atoms with Crippen LogP contribution in [0.1, 0.15) is 66.7 Å². The summed E-state index contributed by atoms with van der Waals surface area (Å²) in [5.74, 6) is -4.52. The van der Waals surface area contributed by atoms with Crippen molar-refractivity contribution >= 4 is 29.5 Å². The van der Waals surface area contributed by atoms with Crippen LogP contribution in [0.4, 0.5) is 0 Å². The van der Waals surface area contributed by atoms with Crippen molar-refractivity contribution in [3.8, 4) is 0 Å². The molecule has 0 aromatic heterocycles. The second-order valence-corrected chi connectivity index (χ2v) is 12.1. The lowest BCUT2D eigenvalue weighted by atomic mass is 9.98. The smallest absolute Gasteiger partial charge is 0.252 e. The first-order valence-electron chi connectivity index (χ1n) is 15.6. The fourth-order valence-corrected chi connectivity index (χ4v) is 4.32. The molecule has 0 heterocycles. The number of amides is 5. The number of rotatable bonds is 23. The van der Waals surface area contributed by atoms with Gasteiger partial charge in [0.15, 0.2) is 6.10 Å². The second kappa shape index (κ2) is 22.6. The van der Waals surface area contributed by atoms with Gasteiger partial charge in [0, 0.05) is 12.6 Å². The molecule has 0 aromatic carbocycles. The van der Waals surface area contributed by atoms with Crippen molar-refractivity contribution in [3.63, 3.8) is 0 Å². The molecule has 0 radical (unpaired) electrons. The first-order valence-corrected chi connectivity index (χ1v) is 15.6. The van der Waals surface area contributed by atoms with Crippen LogP contribution in [-0.4, -0.2) is 135 Å². The van der Waals surface area contributed by atoms with Gasteiger partial charge in [0.2, 0.25) is 23.6 Å². The van der Waals surface area contributed by atoms with E-state index in [9.17, 15) is 44.4 Å². The van der Waals surface area contributed by atoms with E-state index in [2.05, 4.69) is 26.6 Å². The molecule has 0 saturated carbocycles. The summed E-state index contributed by atoms with van der Waals surface area (Å²) in [6, 6.07) is -3.68. The van der Waals surface area contributed by atoms with Gasteiger partial charge in [0.25, 0.3) is 5.91 Å². The quantitative estimate of drug-likeness (QED) is 0.0462. The minimum Gasteiger partial charge on any atom is -0.396 e. The Balaban J connectivity index is 5.50. The zero-order valence-electron chi connectivity index (χ0n) is 27.4. The largest absolute Gasteiger partial charge is 0.396 e. The topological polar surface area (TPSA) is 293 Å². The van der Waals surface area contributed by atoms with E-state index in [1.54, 1.807) is 34.6 Å². The Labute approximate surface area is 270 Å². The highest BCUT2D eigenvalue weighted by Crippen LogP contribution is 2.10. The maximum atomic E-state index is 13.2. The van der Waals surface area contributed by atoms with Crippen LogP contribution < -0.4 is 32.3 Å². The number of nitrogens with one attached hydrogen (secondary N) is 5. The molecule has 0 rings (SSSR count). The number of aliphatic hydroxyl groups is 6. The van der Waals surface area contributed by atoms with Crippen LogP contribution in [0.5, 0.6) is 0 Å². The highest BCUT2D eigenvalue weighted by Gasteiger charge is 2.37. The number of nitrogens with two attached hydrogens (primary N) is 1. The van der Waals surface area contributed by atoms with E-state index < -0.39 is 91.1 Å². The summed E-state index contributed by atoms with van der Waals surface area (Å²) in [5.41, 5.74) is 5.54. The molecule has 0 aromatic rings. The minimum absolute atomic E-state index is 0.0927. The summed E-state index contributed by atoms with van der Waals surface area (Å²) < 4.78 is 0. The first kappa shape index (κ1) is 43.1. The van der Waals surface area contributed by atoms with E-state index in [4.69, 9.17) is 15.9 Å². The van der Waals surface area contributed by atoms with Crippen LogP contribution in [0.15, 0.2) is 0 Å². The van der Waals surface area contributed by atoms with Crippen molar-refractivity contribution in [3.05, 3.63) is 0 Å². The average Bonchev–Trinajstić information content (AvgIpc) is 2.99. The minimum atomic E-state index is -2.27. The molecule has 13 N–H and O–H groups in total. The number of hydrogen-bond donors (Lipinski definition) is 12. The fraction of sp³-hybridized carbons (Fsp3) is 0.828. The highest BCUT2D eigenvalue weighted by atomic mass is 16.4. The van der Waals surface area contributed by atoms with Gasteiger partial charge in [-0.2, -0.15) is 0 Å². The molecule has 0 unspecified atom stereocenters. The summed E-state index contributed by atoms with van der Waals surface area (Å²) in [7, 11) is 0. The second-order valence-electron chi connectivity index (χ2n) is 12.1. The predicted molar refractivity (Wildman–Crippen MR) is 166 cm³/mol. The summed E-state index contributed by atoms with van der Waals surface area (Å²) in [5, 5.41) is 70.1. The summed E-state index contributed by atoms with van der Waals surface area (Å²) in [6.07, 6.45) is -6.37. The molecule has 0 fully saturated rings. The zero-order valence-corrected chi connectivity index (χ0v) is 27.4. The van der Waals surface area contributed by atoms with Crippen molar-refractivity contribution in [2.75, 3.05) is 26.3 Å². The van der Waals surface area contributed by atoms with E-state index in [1.807, 2.05) is 0 Å². The first-order chi connectivity index (χ1) is 21.5. The van der Waals surface area contributed by atoms with Crippen LogP contribution in [0.2, 0.25) is 0 Å². The third-order valence-corrected chi connectivity index (χ3v) is 7.08. The highest BCUT2D eigenvalue weighted by molar-refractivity contribution is 5.94. The molecule has 0 saturated heterocycles. The Morgan fingerprint density at radius 3 is 1.85 bits per heavy atom. The van der Waals surface area contributed by atoms with Crippen LogP contribution >= 0.6 is 0 Å². The number of unbranched alkanes of at least 4 members (excludes halogenated alkanes) is 1. The number of carbonyl (C=O) groups excluding carboxylic acids is 5. The molecule has 0 aliphatic heterocycles. The Bertz CT molecular complexity index is 955. The van der Waals surface area contributed by atoms with Gasteiger partial charge >= 0.3 is 0 Å². The lowest BCUT2D eigenvalue weighted by molar-refractivity contribution is -0.151. The van der Waals surface area contributed by atoms with Crippen LogP contribution in [-0.2, 0) is 24.0 Å². The fourth-order valence-electron chi connectivity index (χ4n) is 4.32. The lowest BCUT2D eigenvalue weighted by Gasteiger charge is -2.29. The van der Waals surface area contributed by atoms with Crippen LogP contribution in [0.25, 0.3) is 0 Å². The average molecular weight is 665 g/mol. The van der Waals surface area contributed by atoms with Crippen molar-refractivity contribution in [2.24, 2.45) is 17.6 Å². The van der Waals surface area contributed by atoms with Gasteiger partial charge in [-0.25, -0.2) is 0 Å². The summed E-state index contributed by atoms with van der Waals surface area (Å²) >= 11 is 0. The molecule has 0 spiro atoms. The molecule has 46 heavy (non-hydrogen) atoms. The van der Waals surface area contributed by atoms with Crippen molar-refractivity contribution in [1.82, 2.24) is 26.6 Å². The third kappa shape index (κ3) is 16.1. The monoisotopic (exact) mass is 664 g/mol. The predicted octanol–water partition coefficient (Wildman–Crippen LogP) is -4.29. The van der Waals surface area contributed by atoms with Crippen LogP contribution in [0.3, 0.4) is 0 Å². The SMILES string of the molecule is CC(C)C[C@H](NC(=O)[C@@H](NC(=O)[C@H](O)[C@@H](O)[C@H](O)[C@H](O)CO)C(C)C)C(=O)NCC(=O)N[C@@H](CCCCN)C(=O)N[C@H](C)CCO. The molecular formula is C29H56N6O11. The number of carbonyl (C=O) groups is 5. The Hall–Kier alpha value is -2.93. The lowest BCUT2D eigenvalue weighted by Crippen LogP contribution is -2.59. The molecule has 0 bridgehead atoms.